The fourth-order valence-electron chi connectivity index (χ4n) is 2.92. The normalized spacial score (nSPS) is 20.9. The number of amides is 3. The predicted octanol–water partition coefficient (Wildman–Crippen LogP) is 1.12. The maximum Gasteiger partial charge on any atom is 0.320 e. The largest absolute Gasteiger partial charge is 0.352 e. The highest BCUT2D eigenvalue weighted by Gasteiger charge is 2.31. The molecule has 0 radical (unpaired) electrons. The fraction of sp³-hybridized carbons (Fsp3) is 0.875. The van der Waals surface area contributed by atoms with Crippen LogP contribution in [0.4, 0.5) is 4.79 Å². The fourth-order valence-corrected chi connectivity index (χ4v) is 2.92. The minimum absolute atomic E-state index is 0.106. The molecule has 6 nitrogen and oxygen atoms in total. The van der Waals surface area contributed by atoms with Crippen LogP contribution in [0.1, 0.15) is 40.5 Å². The molecule has 0 bridgehead atoms. The van der Waals surface area contributed by atoms with E-state index in [2.05, 4.69) is 10.2 Å². The third-order valence-electron chi connectivity index (χ3n) is 4.65. The van der Waals surface area contributed by atoms with Gasteiger partial charge in [0.15, 0.2) is 0 Å². The van der Waals surface area contributed by atoms with Gasteiger partial charge in [0.05, 0.1) is 6.04 Å². The molecule has 2 rings (SSSR count). The number of piperazine rings is 1. The molecule has 1 saturated heterocycles. The summed E-state index contributed by atoms with van der Waals surface area (Å²) in [7, 11) is 0. The van der Waals surface area contributed by atoms with Crippen molar-refractivity contribution in [1.29, 1.82) is 0 Å². The topological polar surface area (TPSA) is 55.9 Å². The molecule has 22 heavy (non-hydrogen) atoms. The van der Waals surface area contributed by atoms with Gasteiger partial charge in [-0.25, -0.2) is 4.79 Å². The molecule has 6 heteroatoms. The molecular weight excluding hydrogens is 280 g/mol. The van der Waals surface area contributed by atoms with Crippen LogP contribution in [-0.4, -0.2) is 77.5 Å². The van der Waals surface area contributed by atoms with Gasteiger partial charge in [-0.3, -0.25) is 9.69 Å². The minimum atomic E-state index is -0.106. The molecule has 0 aromatic rings. The summed E-state index contributed by atoms with van der Waals surface area (Å²) in [5.41, 5.74) is 0. The Kier molecular flexibility index (Phi) is 5.67. The van der Waals surface area contributed by atoms with E-state index in [0.717, 1.165) is 32.5 Å². The Labute approximate surface area is 133 Å². The van der Waals surface area contributed by atoms with Crippen molar-refractivity contribution < 1.29 is 9.59 Å². The van der Waals surface area contributed by atoms with Crippen LogP contribution in [0, 0.1) is 0 Å². The summed E-state index contributed by atoms with van der Waals surface area (Å²) < 4.78 is 0. The molecule has 2 aliphatic rings. The molecule has 1 heterocycles. The second kappa shape index (κ2) is 7.31. The first-order valence-electron chi connectivity index (χ1n) is 8.54. The Morgan fingerprint density at radius 2 is 1.73 bits per heavy atom. The lowest BCUT2D eigenvalue weighted by Crippen LogP contribution is -2.57. The van der Waals surface area contributed by atoms with Crippen LogP contribution in [0.2, 0.25) is 0 Å². The Morgan fingerprint density at radius 3 is 2.18 bits per heavy atom. The van der Waals surface area contributed by atoms with Crippen molar-refractivity contribution in [2.45, 2.75) is 58.7 Å². The number of carbonyl (C=O) groups is 2. The highest BCUT2D eigenvalue weighted by atomic mass is 16.2. The summed E-state index contributed by atoms with van der Waals surface area (Å²) in [6, 6.07) is 0.637. The first kappa shape index (κ1) is 17.1. The first-order valence-corrected chi connectivity index (χ1v) is 8.54. The van der Waals surface area contributed by atoms with E-state index in [-0.39, 0.29) is 24.0 Å². The van der Waals surface area contributed by atoms with Crippen LogP contribution < -0.4 is 5.32 Å². The summed E-state index contributed by atoms with van der Waals surface area (Å²) in [6.45, 7) is 11.7. The maximum absolute atomic E-state index is 12.5. The van der Waals surface area contributed by atoms with Gasteiger partial charge in [0.2, 0.25) is 5.91 Å². The first-order chi connectivity index (χ1) is 10.4. The third kappa shape index (κ3) is 4.12. The lowest BCUT2D eigenvalue weighted by atomic mass is 10.2. The van der Waals surface area contributed by atoms with Crippen LogP contribution in [0.15, 0.2) is 0 Å². The molecule has 2 fully saturated rings. The van der Waals surface area contributed by atoms with E-state index in [4.69, 9.17) is 0 Å². The average Bonchev–Trinajstić information content (AvgIpc) is 3.30. The Morgan fingerprint density at radius 1 is 1.14 bits per heavy atom. The van der Waals surface area contributed by atoms with E-state index in [1.807, 2.05) is 37.5 Å². The number of urea groups is 1. The zero-order valence-corrected chi connectivity index (χ0v) is 14.3. The van der Waals surface area contributed by atoms with Crippen LogP contribution in [-0.2, 0) is 4.79 Å². The molecule has 3 amide bonds. The Bertz CT molecular complexity index is 401. The smallest absolute Gasteiger partial charge is 0.320 e. The van der Waals surface area contributed by atoms with E-state index >= 15 is 0 Å². The maximum atomic E-state index is 12.5. The van der Waals surface area contributed by atoms with Gasteiger partial charge in [-0.05, 0) is 40.5 Å². The molecule has 126 valence electrons. The number of carbonyl (C=O) groups excluding carboxylic acids is 2. The van der Waals surface area contributed by atoms with Gasteiger partial charge in [-0.15, -0.1) is 0 Å². The zero-order chi connectivity index (χ0) is 16.3. The van der Waals surface area contributed by atoms with Crippen molar-refractivity contribution in [3.05, 3.63) is 0 Å². The Balaban J connectivity index is 1.81. The second-order valence-corrected chi connectivity index (χ2v) is 6.64. The van der Waals surface area contributed by atoms with Gasteiger partial charge in [-0.2, -0.15) is 0 Å². The van der Waals surface area contributed by atoms with Crippen LogP contribution in [0.3, 0.4) is 0 Å². The summed E-state index contributed by atoms with van der Waals surface area (Å²) in [5, 5.41) is 3.06. The summed E-state index contributed by atoms with van der Waals surface area (Å²) in [5.74, 6) is 0.125. The van der Waals surface area contributed by atoms with Gasteiger partial charge < -0.3 is 15.1 Å². The molecule has 0 aromatic carbocycles. The van der Waals surface area contributed by atoms with E-state index in [9.17, 15) is 9.59 Å². The quantitative estimate of drug-likeness (QED) is 0.828. The summed E-state index contributed by atoms with van der Waals surface area (Å²) >= 11 is 0. The highest BCUT2D eigenvalue weighted by molar-refractivity contribution is 5.82. The van der Waals surface area contributed by atoms with Crippen LogP contribution in [0.25, 0.3) is 0 Å². The molecule has 1 atom stereocenters. The molecule has 0 spiro atoms. The van der Waals surface area contributed by atoms with Gasteiger partial charge in [0.25, 0.3) is 0 Å². The summed E-state index contributed by atoms with van der Waals surface area (Å²) in [4.78, 5) is 30.6. The van der Waals surface area contributed by atoms with Crippen LogP contribution >= 0.6 is 0 Å². The molecule has 1 aliphatic carbocycles. The highest BCUT2D eigenvalue weighted by Crippen LogP contribution is 2.19. The lowest BCUT2D eigenvalue weighted by Gasteiger charge is -2.40. The molecule has 1 N–H and O–H groups in total. The predicted molar refractivity (Wildman–Crippen MR) is 86.7 cm³/mol. The second-order valence-electron chi connectivity index (χ2n) is 6.64. The SMILES string of the molecule is CCN(C(=O)N1CCN([C@H](C)C(=O)NC2CC2)CC1)C(C)C. The number of hydrogen-bond acceptors (Lipinski definition) is 3. The zero-order valence-electron chi connectivity index (χ0n) is 14.3. The molecule has 1 aliphatic heterocycles. The van der Waals surface area contributed by atoms with Crippen molar-refractivity contribution in [3.63, 3.8) is 0 Å². The van der Waals surface area contributed by atoms with Crippen molar-refractivity contribution in [1.82, 2.24) is 20.0 Å². The number of nitrogens with zero attached hydrogens (tertiary/aromatic N) is 3. The van der Waals surface area contributed by atoms with Gasteiger partial charge in [0, 0.05) is 44.8 Å². The van der Waals surface area contributed by atoms with E-state index in [0.29, 0.717) is 19.1 Å². The van der Waals surface area contributed by atoms with Crippen LogP contribution in [0.5, 0.6) is 0 Å². The monoisotopic (exact) mass is 310 g/mol. The van der Waals surface area contributed by atoms with Gasteiger partial charge >= 0.3 is 6.03 Å². The van der Waals surface area contributed by atoms with Gasteiger partial charge in [0.1, 0.15) is 0 Å². The minimum Gasteiger partial charge on any atom is -0.352 e. The van der Waals surface area contributed by atoms with E-state index in [1.165, 1.54) is 0 Å². The van der Waals surface area contributed by atoms with Crippen molar-refractivity contribution >= 4 is 11.9 Å². The summed E-state index contributed by atoms with van der Waals surface area (Å²) in [6.07, 6.45) is 2.23. The molecular formula is C16H30N4O2. The van der Waals surface area contributed by atoms with Crippen molar-refractivity contribution in [2.24, 2.45) is 0 Å². The molecule has 1 saturated carbocycles. The molecule has 0 unspecified atom stereocenters. The molecule has 0 aromatic heterocycles. The lowest BCUT2D eigenvalue weighted by molar-refractivity contribution is -0.126. The number of rotatable bonds is 5. The number of nitrogens with one attached hydrogen (secondary N) is 1. The average molecular weight is 310 g/mol. The van der Waals surface area contributed by atoms with Gasteiger partial charge in [-0.1, -0.05) is 0 Å². The number of hydrogen-bond donors (Lipinski definition) is 1. The van der Waals surface area contributed by atoms with E-state index < -0.39 is 0 Å². The van der Waals surface area contributed by atoms with E-state index in [1.54, 1.807) is 0 Å². The van der Waals surface area contributed by atoms with Crippen molar-refractivity contribution in [3.8, 4) is 0 Å². The standard InChI is InChI=1S/C16H30N4O2/c1-5-20(12(2)3)16(22)19-10-8-18(9-11-19)13(4)15(21)17-14-6-7-14/h12-14H,5-11H2,1-4H3,(H,17,21)/t13-/m1/s1. The Hall–Kier alpha value is -1.30. The third-order valence-corrected chi connectivity index (χ3v) is 4.65. The van der Waals surface area contributed by atoms with Crippen molar-refractivity contribution in [2.75, 3.05) is 32.7 Å².